The van der Waals surface area contributed by atoms with Crippen LogP contribution in [0.5, 0.6) is 5.75 Å². The third-order valence-electron chi connectivity index (χ3n) is 3.02. The van der Waals surface area contributed by atoms with Crippen molar-refractivity contribution in [2.75, 3.05) is 31.3 Å². The van der Waals surface area contributed by atoms with Gasteiger partial charge in [-0.25, -0.2) is 4.79 Å². The molecule has 17 heavy (non-hydrogen) atoms. The second-order valence-corrected chi connectivity index (χ2v) is 4.06. The lowest BCUT2D eigenvalue weighted by Gasteiger charge is -2.40. The van der Waals surface area contributed by atoms with Gasteiger partial charge in [0.05, 0.1) is 31.6 Å². The lowest BCUT2D eigenvalue weighted by molar-refractivity contribution is 0.0687. The van der Waals surface area contributed by atoms with E-state index in [0.29, 0.717) is 43.6 Å². The first-order chi connectivity index (χ1) is 8.29. The normalized spacial score (nSPS) is 22.6. The van der Waals surface area contributed by atoms with Crippen LogP contribution in [0.3, 0.4) is 0 Å². The van der Waals surface area contributed by atoms with Crippen molar-refractivity contribution in [2.45, 2.75) is 12.6 Å². The molecular formula is C10H13N3O4. The van der Waals surface area contributed by atoms with Gasteiger partial charge in [0.25, 0.3) is 0 Å². The highest BCUT2D eigenvalue weighted by atomic mass is 16.5. The van der Waals surface area contributed by atoms with Crippen molar-refractivity contribution in [3.05, 3.63) is 16.2 Å². The van der Waals surface area contributed by atoms with E-state index in [1.807, 2.05) is 4.90 Å². The summed E-state index contributed by atoms with van der Waals surface area (Å²) in [6, 6.07) is 0.0945. The number of aromatic nitrogens is 2. The van der Waals surface area contributed by atoms with Crippen LogP contribution in [0.15, 0.2) is 4.79 Å². The summed E-state index contributed by atoms with van der Waals surface area (Å²) in [7, 11) is 0. The highest BCUT2D eigenvalue weighted by Gasteiger charge is 2.33. The predicted molar refractivity (Wildman–Crippen MR) is 58.2 cm³/mol. The zero-order chi connectivity index (χ0) is 11.8. The van der Waals surface area contributed by atoms with Gasteiger partial charge in [-0.1, -0.05) is 0 Å². The van der Waals surface area contributed by atoms with Gasteiger partial charge in [0.2, 0.25) is 0 Å². The molecule has 0 amide bonds. The summed E-state index contributed by atoms with van der Waals surface area (Å²) in [5.74, 6) is 0.989. The molecule has 1 fully saturated rings. The third-order valence-corrected chi connectivity index (χ3v) is 3.02. The molecule has 3 rings (SSSR count). The fraction of sp³-hybridized carbons (Fsp3) is 0.600. The average Bonchev–Trinajstić information content (AvgIpc) is 2.37. The molecule has 2 aliphatic rings. The number of aliphatic hydroxyl groups excluding tert-OH is 1. The number of hydrogen-bond donors (Lipinski definition) is 2. The van der Waals surface area contributed by atoms with E-state index in [9.17, 15) is 9.90 Å². The van der Waals surface area contributed by atoms with Crippen molar-refractivity contribution in [3.8, 4) is 5.75 Å². The third kappa shape index (κ3) is 1.67. The van der Waals surface area contributed by atoms with Crippen molar-refractivity contribution >= 4 is 5.82 Å². The number of nitrogens with one attached hydrogen (secondary N) is 1. The topological polar surface area (TPSA) is 87.7 Å². The largest absolute Gasteiger partial charge is 0.486 e. The molecule has 1 unspecified atom stereocenters. The van der Waals surface area contributed by atoms with Gasteiger partial charge in [0.15, 0.2) is 11.6 Å². The molecule has 0 spiro atoms. The maximum Gasteiger partial charge on any atom is 0.347 e. The Balaban J connectivity index is 2.09. The van der Waals surface area contributed by atoms with Crippen LogP contribution in [0.1, 0.15) is 5.69 Å². The van der Waals surface area contributed by atoms with E-state index in [2.05, 4.69) is 9.97 Å². The van der Waals surface area contributed by atoms with Crippen LogP contribution in [0.25, 0.3) is 0 Å². The summed E-state index contributed by atoms with van der Waals surface area (Å²) in [6.45, 7) is 2.08. The van der Waals surface area contributed by atoms with Crippen LogP contribution >= 0.6 is 0 Å². The van der Waals surface area contributed by atoms with Crippen molar-refractivity contribution in [1.82, 2.24) is 9.97 Å². The lowest BCUT2D eigenvalue weighted by Crippen LogP contribution is -2.52. The van der Waals surface area contributed by atoms with Crippen molar-refractivity contribution in [3.63, 3.8) is 0 Å². The Labute approximate surface area is 97.0 Å². The van der Waals surface area contributed by atoms with Crippen LogP contribution < -0.4 is 15.3 Å². The first-order valence-corrected chi connectivity index (χ1v) is 5.51. The number of anilines is 1. The minimum Gasteiger partial charge on any atom is -0.486 e. The maximum atomic E-state index is 11.4. The van der Waals surface area contributed by atoms with Gasteiger partial charge >= 0.3 is 5.69 Å². The van der Waals surface area contributed by atoms with Crippen molar-refractivity contribution in [2.24, 2.45) is 0 Å². The highest BCUT2D eigenvalue weighted by Crippen LogP contribution is 2.33. The summed E-state index contributed by atoms with van der Waals surface area (Å²) in [5, 5.41) is 9.19. The molecule has 92 valence electrons. The fourth-order valence-electron chi connectivity index (χ4n) is 2.20. The number of morpholine rings is 1. The van der Waals surface area contributed by atoms with Gasteiger partial charge in [-0.15, -0.1) is 0 Å². The number of rotatable bonds is 1. The molecule has 0 aromatic carbocycles. The quantitative estimate of drug-likeness (QED) is 0.644. The van der Waals surface area contributed by atoms with Gasteiger partial charge in [0, 0.05) is 6.54 Å². The van der Waals surface area contributed by atoms with E-state index in [0.717, 1.165) is 0 Å². The Bertz CT molecular complexity index is 487. The summed E-state index contributed by atoms with van der Waals surface area (Å²) >= 11 is 0. The van der Waals surface area contributed by atoms with Crippen molar-refractivity contribution in [1.29, 1.82) is 0 Å². The monoisotopic (exact) mass is 239 g/mol. The molecule has 1 atom stereocenters. The van der Waals surface area contributed by atoms with Gasteiger partial charge in [0.1, 0.15) is 6.61 Å². The van der Waals surface area contributed by atoms with Gasteiger partial charge < -0.3 is 24.5 Å². The Hall–Kier alpha value is -1.60. The van der Waals surface area contributed by atoms with E-state index >= 15 is 0 Å². The Morgan fingerprint density at radius 2 is 2.41 bits per heavy atom. The number of fused-ring (bicyclic) bond motifs is 3. The summed E-state index contributed by atoms with van der Waals surface area (Å²) < 4.78 is 10.9. The molecule has 1 aromatic heterocycles. The lowest BCUT2D eigenvalue weighted by atomic mass is 10.2. The number of nitrogens with zero attached hydrogens (tertiary/aromatic N) is 2. The van der Waals surface area contributed by atoms with E-state index in [1.54, 1.807) is 0 Å². The smallest absolute Gasteiger partial charge is 0.347 e. The fourth-order valence-corrected chi connectivity index (χ4v) is 2.20. The molecule has 7 nitrogen and oxygen atoms in total. The van der Waals surface area contributed by atoms with Gasteiger partial charge in [-0.3, -0.25) is 0 Å². The summed E-state index contributed by atoms with van der Waals surface area (Å²) in [5.41, 5.74) is -0.0894. The Kier molecular flexibility index (Phi) is 2.49. The molecule has 7 heteroatoms. The number of aliphatic hydroxyl groups is 1. The molecule has 1 saturated heterocycles. The van der Waals surface area contributed by atoms with Crippen LogP contribution in [0.4, 0.5) is 5.82 Å². The second-order valence-electron chi connectivity index (χ2n) is 4.06. The first-order valence-electron chi connectivity index (χ1n) is 5.51. The zero-order valence-electron chi connectivity index (χ0n) is 9.18. The molecule has 0 radical (unpaired) electrons. The highest BCUT2D eigenvalue weighted by molar-refractivity contribution is 5.57. The van der Waals surface area contributed by atoms with Crippen molar-refractivity contribution < 1.29 is 14.6 Å². The number of H-pyrrole nitrogens is 1. The maximum absolute atomic E-state index is 11.4. The minimum atomic E-state index is -0.469. The Morgan fingerprint density at radius 3 is 3.24 bits per heavy atom. The second kappa shape index (κ2) is 4.01. The molecule has 0 bridgehead atoms. The first kappa shape index (κ1) is 10.5. The van der Waals surface area contributed by atoms with Crippen LogP contribution in [-0.2, 0) is 11.3 Å². The van der Waals surface area contributed by atoms with E-state index in [-0.39, 0.29) is 12.6 Å². The van der Waals surface area contributed by atoms with Gasteiger partial charge in [-0.2, -0.15) is 4.98 Å². The molecule has 0 saturated carbocycles. The molecule has 1 aromatic rings. The molecule has 2 N–H and O–H groups in total. The van der Waals surface area contributed by atoms with E-state index in [1.165, 1.54) is 0 Å². The van der Waals surface area contributed by atoms with Crippen LogP contribution in [0.2, 0.25) is 0 Å². The standard InChI is InChI=1S/C10H13N3O4/c14-3-7-8-9(12-10(15)11-7)13-1-2-16-4-6(13)5-17-8/h6,14H,1-5H2,(H,11,12,15). The summed E-state index contributed by atoms with van der Waals surface area (Å²) in [6.07, 6.45) is 0. The minimum absolute atomic E-state index is 0.0945. The molecule has 0 aliphatic carbocycles. The molecule has 2 aliphatic heterocycles. The number of ether oxygens (including phenoxy) is 2. The zero-order valence-corrected chi connectivity index (χ0v) is 9.18. The molecule has 3 heterocycles. The van der Waals surface area contributed by atoms with Gasteiger partial charge in [-0.05, 0) is 0 Å². The SMILES string of the molecule is O=c1nc2c(c(CO)[nH]1)OCC1COCCN21. The average molecular weight is 239 g/mol. The number of hydrogen-bond acceptors (Lipinski definition) is 6. The predicted octanol–water partition coefficient (Wildman–Crippen LogP) is -1.14. The Morgan fingerprint density at radius 1 is 1.53 bits per heavy atom. The van der Waals surface area contributed by atoms with E-state index in [4.69, 9.17) is 9.47 Å². The number of aromatic amines is 1. The van der Waals surface area contributed by atoms with Crippen LogP contribution in [0, 0.1) is 0 Å². The summed E-state index contributed by atoms with van der Waals surface area (Å²) in [4.78, 5) is 19.8. The van der Waals surface area contributed by atoms with Crippen LogP contribution in [-0.4, -0.2) is 47.5 Å². The van der Waals surface area contributed by atoms with E-state index < -0.39 is 5.69 Å². The molecular weight excluding hydrogens is 226 g/mol.